The summed E-state index contributed by atoms with van der Waals surface area (Å²) in [5.74, 6) is 0.679. The lowest BCUT2D eigenvalue weighted by molar-refractivity contribution is 0.225. The molecule has 0 amide bonds. The van der Waals surface area contributed by atoms with Gasteiger partial charge in [-0.3, -0.25) is 4.99 Å². The average Bonchev–Trinajstić information content (AvgIpc) is 2.19. The molecule has 4 heteroatoms. The highest BCUT2D eigenvalue weighted by Crippen LogP contribution is 2.18. The lowest BCUT2D eigenvalue weighted by Gasteiger charge is -2.01. The highest BCUT2D eigenvalue weighted by atomic mass is 19.3. The average molecular weight is 199 g/mol. The lowest BCUT2D eigenvalue weighted by atomic mass is 10.3. The minimum atomic E-state index is -2.50. The van der Waals surface area contributed by atoms with Crippen molar-refractivity contribution < 1.29 is 13.5 Å². The number of benzene rings is 1. The molecular weight excluding hydrogens is 188 g/mol. The van der Waals surface area contributed by atoms with Crippen LogP contribution in [0, 0.1) is 0 Å². The van der Waals surface area contributed by atoms with Gasteiger partial charge in [-0.05, 0) is 31.2 Å². The van der Waals surface area contributed by atoms with E-state index < -0.39 is 6.43 Å². The molecule has 0 N–H and O–H groups in total. The Balaban J connectivity index is 2.83. The first-order chi connectivity index (χ1) is 6.63. The SMILES string of the molecule is COc1ccc(N=C(C)C(F)F)cc1. The molecule has 76 valence electrons. The molecule has 0 heterocycles. The van der Waals surface area contributed by atoms with E-state index in [-0.39, 0.29) is 5.71 Å². The van der Waals surface area contributed by atoms with E-state index in [0.29, 0.717) is 11.4 Å². The molecule has 0 atom stereocenters. The number of nitrogens with zero attached hydrogens (tertiary/aromatic N) is 1. The van der Waals surface area contributed by atoms with E-state index in [1.165, 1.54) is 6.92 Å². The van der Waals surface area contributed by atoms with Crippen molar-refractivity contribution in [2.75, 3.05) is 7.11 Å². The van der Waals surface area contributed by atoms with E-state index in [9.17, 15) is 8.78 Å². The molecule has 0 fully saturated rings. The smallest absolute Gasteiger partial charge is 0.276 e. The molecule has 0 radical (unpaired) electrons. The summed E-state index contributed by atoms with van der Waals surface area (Å²) in [6, 6.07) is 6.62. The van der Waals surface area contributed by atoms with E-state index in [1.54, 1.807) is 31.4 Å². The van der Waals surface area contributed by atoms with Gasteiger partial charge in [0.25, 0.3) is 6.43 Å². The van der Waals surface area contributed by atoms with Crippen molar-refractivity contribution >= 4 is 11.4 Å². The van der Waals surface area contributed by atoms with Crippen LogP contribution in [0.15, 0.2) is 29.3 Å². The fourth-order valence-corrected chi connectivity index (χ4v) is 0.909. The monoisotopic (exact) mass is 199 g/mol. The van der Waals surface area contributed by atoms with Crippen LogP contribution in [0.25, 0.3) is 0 Å². The summed E-state index contributed by atoms with van der Waals surface area (Å²) in [7, 11) is 1.54. The number of halogens is 2. The van der Waals surface area contributed by atoms with Gasteiger partial charge in [0.1, 0.15) is 5.75 Å². The number of ether oxygens (including phenoxy) is 1. The largest absolute Gasteiger partial charge is 0.497 e. The molecule has 0 saturated heterocycles. The van der Waals surface area contributed by atoms with E-state index in [2.05, 4.69) is 4.99 Å². The zero-order valence-corrected chi connectivity index (χ0v) is 8.00. The van der Waals surface area contributed by atoms with Crippen molar-refractivity contribution in [2.45, 2.75) is 13.3 Å². The minimum Gasteiger partial charge on any atom is -0.497 e. The Bertz CT molecular complexity index is 319. The number of hydrogen-bond donors (Lipinski definition) is 0. The topological polar surface area (TPSA) is 21.6 Å². The molecule has 1 rings (SSSR count). The van der Waals surface area contributed by atoms with Crippen LogP contribution < -0.4 is 4.74 Å². The van der Waals surface area contributed by atoms with Crippen molar-refractivity contribution in [1.82, 2.24) is 0 Å². The molecule has 0 aliphatic carbocycles. The lowest BCUT2D eigenvalue weighted by Crippen LogP contribution is -2.03. The van der Waals surface area contributed by atoms with E-state index in [1.807, 2.05) is 0 Å². The Morgan fingerprint density at radius 1 is 1.29 bits per heavy atom. The van der Waals surface area contributed by atoms with Crippen LogP contribution in [-0.2, 0) is 0 Å². The fraction of sp³-hybridized carbons (Fsp3) is 0.300. The van der Waals surface area contributed by atoms with Gasteiger partial charge in [0.2, 0.25) is 0 Å². The summed E-state index contributed by atoms with van der Waals surface area (Å²) in [5, 5.41) is 0. The van der Waals surface area contributed by atoms with Crippen LogP contribution in [0.3, 0.4) is 0 Å². The third kappa shape index (κ3) is 2.80. The van der Waals surface area contributed by atoms with Gasteiger partial charge in [-0.2, -0.15) is 0 Å². The summed E-state index contributed by atoms with van der Waals surface area (Å²) in [6.45, 7) is 1.30. The van der Waals surface area contributed by atoms with Crippen LogP contribution in [-0.4, -0.2) is 19.2 Å². The van der Waals surface area contributed by atoms with Gasteiger partial charge in [0.05, 0.1) is 18.5 Å². The summed E-state index contributed by atoms with van der Waals surface area (Å²) in [6.07, 6.45) is -2.50. The van der Waals surface area contributed by atoms with Gasteiger partial charge in [-0.25, -0.2) is 8.78 Å². The third-order valence-corrected chi connectivity index (χ3v) is 1.69. The standard InChI is InChI=1S/C10H11F2NO/c1-7(10(11)12)13-8-3-5-9(14-2)6-4-8/h3-6,10H,1-2H3. The molecule has 1 aromatic rings. The quantitative estimate of drug-likeness (QED) is 0.685. The molecule has 0 aliphatic rings. The van der Waals surface area contributed by atoms with Gasteiger partial charge < -0.3 is 4.74 Å². The van der Waals surface area contributed by atoms with Crippen molar-refractivity contribution in [1.29, 1.82) is 0 Å². The van der Waals surface area contributed by atoms with Crippen LogP contribution in [0.1, 0.15) is 6.92 Å². The van der Waals surface area contributed by atoms with Gasteiger partial charge >= 0.3 is 0 Å². The second kappa shape index (κ2) is 4.69. The molecule has 2 nitrogen and oxygen atoms in total. The Morgan fingerprint density at radius 3 is 2.29 bits per heavy atom. The van der Waals surface area contributed by atoms with Crippen molar-refractivity contribution in [3.63, 3.8) is 0 Å². The predicted octanol–water partition coefficient (Wildman–Crippen LogP) is 3.05. The maximum absolute atomic E-state index is 12.1. The van der Waals surface area contributed by atoms with Crippen LogP contribution >= 0.6 is 0 Å². The Labute approximate surface area is 81.2 Å². The van der Waals surface area contributed by atoms with Crippen LogP contribution in [0.2, 0.25) is 0 Å². The summed E-state index contributed by atoms with van der Waals surface area (Å²) in [4.78, 5) is 3.75. The van der Waals surface area contributed by atoms with Gasteiger partial charge in [-0.15, -0.1) is 0 Å². The zero-order chi connectivity index (χ0) is 10.6. The molecule has 14 heavy (non-hydrogen) atoms. The first kappa shape index (κ1) is 10.6. The van der Waals surface area contributed by atoms with E-state index in [0.717, 1.165) is 0 Å². The first-order valence-corrected chi connectivity index (χ1v) is 4.11. The molecule has 0 aliphatic heterocycles. The Kier molecular flexibility index (Phi) is 3.56. The van der Waals surface area contributed by atoms with Crippen molar-refractivity contribution in [3.8, 4) is 5.75 Å². The summed E-state index contributed by atoms with van der Waals surface area (Å²) in [5.41, 5.74) is 0.318. The Hall–Kier alpha value is -1.45. The van der Waals surface area contributed by atoms with E-state index in [4.69, 9.17) is 4.74 Å². The minimum absolute atomic E-state index is 0.185. The maximum atomic E-state index is 12.1. The predicted molar refractivity (Wildman–Crippen MR) is 51.8 cm³/mol. The third-order valence-electron chi connectivity index (χ3n) is 1.69. The number of alkyl halides is 2. The van der Waals surface area contributed by atoms with Crippen molar-refractivity contribution in [3.05, 3.63) is 24.3 Å². The first-order valence-electron chi connectivity index (χ1n) is 4.11. The second-order valence-corrected chi connectivity index (χ2v) is 2.75. The van der Waals surface area contributed by atoms with Gasteiger partial charge in [-0.1, -0.05) is 0 Å². The number of methoxy groups -OCH3 is 1. The molecule has 0 saturated carbocycles. The molecule has 0 bridgehead atoms. The summed E-state index contributed by atoms with van der Waals surface area (Å²) >= 11 is 0. The molecule has 1 aromatic carbocycles. The number of rotatable bonds is 3. The van der Waals surface area contributed by atoms with Gasteiger partial charge in [0.15, 0.2) is 0 Å². The maximum Gasteiger partial charge on any atom is 0.276 e. The molecule has 0 aromatic heterocycles. The van der Waals surface area contributed by atoms with Crippen molar-refractivity contribution in [2.24, 2.45) is 4.99 Å². The Morgan fingerprint density at radius 2 is 1.86 bits per heavy atom. The summed E-state index contributed by atoms with van der Waals surface area (Å²) < 4.78 is 29.1. The number of aliphatic imine (C=N–C) groups is 1. The van der Waals surface area contributed by atoms with Crippen LogP contribution in [0.4, 0.5) is 14.5 Å². The fourth-order valence-electron chi connectivity index (χ4n) is 0.909. The van der Waals surface area contributed by atoms with Gasteiger partial charge in [0, 0.05) is 0 Å². The second-order valence-electron chi connectivity index (χ2n) is 2.75. The van der Waals surface area contributed by atoms with E-state index >= 15 is 0 Å². The molecular formula is C10H11F2NO. The van der Waals surface area contributed by atoms with Crippen LogP contribution in [0.5, 0.6) is 5.75 Å². The highest BCUT2D eigenvalue weighted by Gasteiger charge is 2.06. The number of hydrogen-bond acceptors (Lipinski definition) is 2. The normalized spacial score (nSPS) is 11.9. The zero-order valence-electron chi connectivity index (χ0n) is 8.00. The molecule has 0 spiro atoms. The molecule has 0 unspecified atom stereocenters. The highest BCUT2D eigenvalue weighted by molar-refractivity contribution is 5.87.